The van der Waals surface area contributed by atoms with Crippen LogP contribution in [-0.2, 0) is 17.9 Å². The van der Waals surface area contributed by atoms with Crippen molar-refractivity contribution in [3.8, 4) is 11.1 Å². The Kier molecular flexibility index (Phi) is 8.36. The molecule has 0 radical (unpaired) electrons. The highest BCUT2D eigenvalue weighted by atomic mass is 16.6. The number of aromatic nitrogens is 1. The number of benzene rings is 2. The van der Waals surface area contributed by atoms with Crippen LogP contribution in [0.2, 0.25) is 0 Å². The molecule has 2 heterocycles. The van der Waals surface area contributed by atoms with Gasteiger partial charge in [0.2, 0.25) is 0 Å². The molecule has 2 fully saturated rings. The number of pyridine rings is 1. The molecule has 226 valence electrons. The molecular weight excluding hydrogens is 552 g/mol. The SMILES string of the molecule is CN(C)C(=O)c1cn(CC2(O)CCN(C(=O)OCc3cccc([N+](=O)[O-])c3)CC23CCCC3)c(=O)cc1-c1ccccc1. The molecule has 2 aliphatic rings. The third-order valence-electron chi connectivity index (χ3n) is 8.86. The molecule has 5 rings (SSSR count). The predicted octanol–water partition coefficient (Wildman–Crippen LogP) is 4.46. The van der Waals surface area contributed by atoms with Crippen molar-refractivity contribution < 1.29 is 24.4 Å². The number of nitro benzene ring substituents is 1. The van der Waals surface area contributed by atoms with Crippen LogP contribution in [0.5, 0.6) is 0 Å². The molecule has 0 bridgehead atoms. The smallest absolute Gasteiger partial charge is 0.410 e. The summed E-state index contributed by atoms with van der Waals surface area (Å²) in [5, 5.41) is 23.3. The molecule has 1 aliphatic heterocycles. The molecule has 1 saturated carbocycles. The molecule has 1 spiro atoms. The normalized spacial score (nSPS) is 19.3. The molecular formula is C32H36N4O7. The summed E-state index contributed by atoms with van der Waals surface area (Å²) < 4.78 is 6.95. The van der Waals surface area contributed by atoms with E-state index in [9.17, 15) is 29.6 Å². The number of piperidine rings is 1. The molecule has 43 heavy (non-hydrogen) atoms. The Morgan fingerprint density at radius 2 is 1.77 bits per heavy atom. The molecule has 11 nitrogen and oxygen atoms in total. The minimum Gasteiger partial charge on any atom is -0.445 e. The number of hydrogen-bond acceptors (Lipinski definition) is 7. The van der Waals surface area contributed by atoms with Gasteiger partial charge in [0.1, 0.15) is 6.61 Å². The maximum absolute atomic E-state index is 13.4. The summed E-state index contributed by atoms with van der Waals surface area (Å²) in [6.07, 6.45) is 4.34. The van der Waals surface area contributed by atoms with Gasteiger partial charge in [0.15, 0.2) is 0 Å². The van der Waals surface area contributed by atoms with Crippen LogP contribution in [0, 0.1) is 15.5 Å². The average Bonchev–Trinajstić information content (AvgIpc) is 3.48. The summed E-state index contributed by atoms with van der Waals surface area (Å²) in [6.45, 7) is 0.356. The summed E-state index contributed by atoms with van der Waals surface area (Å²) in [7, 11) is 3.31. The van der Waals surface area contributed by atoms with Gasteiger partial charge in [-0.1, -0.05) is 55.3 Å². The van der Waals surface area contributed by atoms with Crippen molar-refractivity contribution in [1.82, 2.24) is 14.4 Å². The van der Waals surface area contributed by atoms with Crippen LogP contribution in [0.1, 0.15) is 48.0 Å². The topological polar surface area (TPSA) is 135 Å². The summed E-state index contributed by atoms with van der Waals surface area (Å²) in [5.41, 5.74) is -0.200. The van der Waals surface area contributed by atoms with Crippen LogP contribution in [0.3, 0.4) is 0 Å². The van der Waals surface area contributed by atoms with Crippen LogP contribution in [-0.4, -0.2) is 69.2 Å². The number of amides is 2. The molecule has 2 amide bonds. The number of carbonyl (C=O) groups is 2. The van der Waals surface area contributed by atoms with Crippen LogP contribution in [0.25, 0.3) is 11.1 Å². The fourth-order valence-corrected chi connectivity index (χ4v) is 6.50. The van der Waals surface area contributed by atoms with Gasteiger partial charge in [-0.2, -0.15) is 0 Å². The van der Waals surface area contributed by atoms with Gasteiger partial charge in [0.25, 0.3) is 17.2 Å². The zero-order chi connectivity index (χ0) is 30.8. The molecule has 1 N–H and O–H groups in total. The molecule has 1 unspecified atom stereocenters. The van der Waals surface area contributed by atoms with Crippen molar-refractivity contribution in [2.24, 2.45) is 5.41 Å². The summed E-state index contributed by atoms with van der Waals surface area (Å²) in [6, 6.07) is 16.7. The lowest BCUT2D eigenvalue weighted by Crippen LogP contribution is -2.62. The molecule has 3 aromatic rings. The fourth-order valence-electron chi connectivity index (χ4n) is 6.50. The van der Waals surface area contributed by atoms with Gasteiger partial charge in [-0.15, -0.1) is 0 Å². The van der Waals surface area contributed by atoms with E-state index >= 15 is 0 Å². The van der Waals surface area contributed by atoms with Crippen LogP contribution >= 0.6 is 0 Å². The molecule has 1 atom stereocenters. The van der Waals surface area contributed by atoms with Crippen molar-refractivity contribution in [3.05, 3.63) is 98.5 Å². The number of aliphatic hydroxyl groups is 1. The Hall–Kier alpha value is -4.51. The second-order valence-electron chi connectivity index (χ2n) is 11.8. The Bertz CT molecular complexity index is 1580. The molecule has 11 heteroatoms. The first kappa shape index (κ1) is 30.0. The largest absolute Gasteiger partial charge is 0.445 e. The first-order valence-corrected chi connectivity index (χ1v) is 14.4. The molecule has 2 aromatic carbocycles. The first-order chi connectivity index (χ1) is 20.5. The molecule has 1 aromatic heterocycles. The first-order valence-electron chi connectivity index (χ1n) is 14.4. The number of likely N-dealkylation sites (tertiary alicyclic amines) is 1. The van der Waals surface area contributed by atoms with E-state index in [1.54, 1.807) is 37.3 Å². The van der Waals surface area contributed by atoms with E-state index in [0.717, 1.165) is 18.4 Å². The van der Waals surface area contributed by atoms with Crippen molar-refractivity contribution in [3.63, 3.8) is 0 Å². The minimum atomic E-state index is -1.29. The lowest BCUT2D eigenvalue weighted by molar-refractivity contribution is -0.384. The van der Waals surface area contributed by atoms with Crippen molar-refractivity contribution in [2.75, 3.05) is 27.2 Å². The number of non-ortho nitro benzene ring substituents is 1. The average molecular weight is 589 g/mol. The zero-order valence-electron chi connectivity index (χ0n) is 24.4. The van der Waals surface area contributed by atoms with E-state index in [1.165, 1.54) is 27.7 Å². The quantitative estimate of drug-likeness (QED) is 0.318. The van der Waals surface area contributed by atoms with E-state index < -0.39 is 22.0 Å². The maximum atomic E-state index is 13.4. The maximum Gasteiger partial charge on any atom is 0.410 e. The lowest BCUT2D eigenvalue weighted by atomic mass is 9.66. The lowest BCUT2D eigenvalue weighted by Gasteiger charge is -2.52. The number of ether oxygens (including phenoxy) is 1. The van der Waals surface area contributed by atoms with Crippen LogP contribution in [0.4, 0.5) is 10.5 Å². The monoisotopic (exact) mass is 588 g/mol. The van der Waals surface area contributed by atoms with Gasteiger partial charge in [-0.3, -0.25) is 19.7 Å². The highest BCUT2D eigenvalue weighted by molar-refractivity contribution is 6.00. The van der Waals surface area contributed by atoms with Crippen molar-refractivity contribution in [1.29, 1.82) is 0 Å². The Labute approximate surface area is 249 Å². The van der Waals surface area contributed by atoms with Gasteiger partial charge in [-0.25, -0.2) is 4.79 Å². The molecule has 1 saturated heterocycles. The second kappa shape index (κ2) is 12.0. The highest BCUT2D eigenvalue weighted by Crippen LogP contribution is 2.51. The van der Waals surface area contributed by atoms with E-state index in [1.807, 2.05) is 30.3 Å². The Morgan fingerprint density at radius 3 is 2.44 bits per heavy atom. The van der Waals surface area contributed by atoms with Gasteiger partial charge < -0.3 is 24.2 Å². The molecule has 1 aliphatic carbocycles. The van der Waals surface area contributed by atoms with E-state index in [-0.39, 0.29) is 49.8 Å². The second-order valence-corrected chi connectivity index (χ2v) is 11.8. The van der Waals surface area contributed by atoms with Gasteiger partial charge in [0.05, 0.1) is 22.6 Å². The summed E-state index contributed by atoms with van der Waals surface area (Å²) in [4.78, 5) is 53.4. The summed E-state index contributed by atoms with van der Waals surface area (Å²) >= 11 is 0. The van der Waals surface area contributed by atoms with Crippen molar-refractivity contribution in [2.45, 2.75) is 50.9 Å². The van der Waals surface area contributed by atoms with E-state index in [4.69, 9.17) is 4.74 Å². The summed E-state index contributed by atoms with van der Waals surface area (Å²) in [5.74, 6) is -0.253. The highest BCUT2D eigenvalue weighted by Gasteiger charge is 2.56. The third kappa shape index (κ3) is 6.03. The number of nitrogens with zero attached hydrogens (tertiary/aromatic N) is 4. The number of nitro groups is 1. The number of rotatable bonds is 7. The van der Waals surface area contributed by atoms with Crippen molar-refractivity contribution >= 4 is 17.7 Å². The van der Waals surface area contributed by atoms with Crippen LogP contribution in [0.15, 0.2) is 71.7 Å². The fraction of sp³-hybridized carbons (Fsp3) is 0.406. The van der Waals surface area contributed by atoms with E-state index in [2.05, 4.69) is 0 Å². The van der Waals surface area contributed by atoms with Gasteiger partial charge in [0, 0.05) is 62.6 Å². The van der Waals surface area contributed by atoms with Gasteiger partial charge in [-0.05, 0) is 30.4 Å². The van der Waals surface area contributed by atoms with Gasteiger partial charge >= 0.3 is 6.09 Å². The zero-order valence-corrected chi connectivity index (χ0v) is 24.4. The Morgan fingerprint density at radius 1 is 1.05 bits per heavy atom. The third-order valence-corrected chi connectivity index (χ3v) is 8.86. The van der Waals surface area contributed by atoms with Crippen LogP contribution < -0.4 is 5.56 Å². The number of hydrogen-bond donors (Lipinski definition) is 1. The predicted molar refractivity (Wildman–Crippen MR) is 159 cm³/mol. The Balaban J connectivity index is 1.38. The minimum absolute atomic E-state index is 0.00875. The standard InChI is InChI=1S/C32H36N4O7/c1-33(2)29(38)27-19-35(28(37)18-26(27)24-10-4-3-5-11-24)22-32(40)15-16-34(21-31(32)13-6-7-14-31)30(39)43-20-23-9-8-12-25(17-23)36(41)42/h3-5,8-12,17-19,40H,6-7,13-16,20-22H2,1-2H3. The number of carbonyl (C=O) groups excluding carboxylic acids is 2. The van der Waals surface area contributed by atoms with E-state index in [0.29, 0.717) is 29.5 Å².